The Morgan fingerprint density at radius 1 is 1.50 bits per heavy atom. The van der Waals surface area contributed by atoms with E-state index in [0.29, 0.717) is 6.54 Å². The van der Waals surface area contributed by atoms with Crippen LogP contribution >= 0.6 is 0 Å². The van der Waals surface area contributed by atoms with E-state index in [0.717, 1.165) is 36.3 Å². The molecule has 1 saturated heterocycles. The minimum absolute atomic E-state index is 0.0545. The number of hydrogen-bond acceptors (Lipinski definition) is 4. The first-order valence-electron chi connectivity index (χ1n) is 7.44. The second-order valence-electron chi connectivity index (χ2n) is 5.41. The van der Waals surface area contributed by atoms with E-state index in [9.17, 15) is 4.79 Å². The van der Waals surface area contributed by atoms with E-state index >= 15 is 0 Å². The van der Waals surface area contributed by atoms with Crippen molar-refractivity contribution in [3.63, 3.8) is 0 Å². The lowest BCUT2D eigenvalue weighted by Crippen LogP contribution is -2.32. The number of carbonyl (C=O) groups is 1. The number of hydrogen-bond donors (Lipinski definition) is 2. The maximum absolute atomic E-state index is 12.0. The topological polar surface area (TPSA) is 74.2 Å². The minimum Gasteiger partial charge on any atom is -0.376 e. The zero-order valence-electron chi connectivity index (χ0n) is 13.0. The molecule has 1 aliphatic rings. The fourth-order valence-electron chi connectivity index (χ4n) is 2.31. The molecule has 1 aromatic rings. The van der Waals surface area contributed by atoms with Crippen LogP contribution in [0.15, 0.2) is 30.0 Å². The van der Waals surface area contributed by atoms with Crippen molar-refractivity contribution in [3.05, 3.63) is 41.1 Å². The van der Waals surface area contributed by atoms with Crippen LogP contribution in [0.4, 0.5) is 5.69 Å². The Labute approximate surface area is 131 Å². The summed E-state index contributed by atoms with van der Waals surface area (Å²) in [6.45, 7) is 5.20. The normalized spacial score (nSPS) is 17.9. The van der Waals surface area contributed by atoms with Crippen LogP contribution in [-0.4, -0.2) is 25.2 Å². The zero-order chi connectivity index (χ0) is 15.9. The number of aryl methyl sites for hydroxylation is 1. The lowest BCUT2D eigenvalue weighted by Gasteiger charge is -2.11. The van der Waals surface area contributed by atoms with Gasteiger partial charge in [-0.3, -0.25) is 4.79 Å². The summed E-state index contributed by atoms with van der Waals surface area (Å²) < 4.78 is 5.44. The molecule has 2 N–H and O–H groups in total. The first kappa shape index (κ1) is 16.1. The minimum atomic E-state index is -0.379. The van der Waals surface area contributed by atoms with Crippen LogP contribution in [0.2, 0.25) is 0 Å². The van der Waals surface area contributed by atoms with Gasteiger partial charge in [0.1, 0.15) is 11.6 Å². The zero-order valence-corrected chi connectivity index (χ0v) is 13.0. The average molecular weight is 299 g/mol. The number of nitriles is 1. The van der Waals surface area contributed by atoms with Crippen LogP contribution in [0.5, 0.6) is 0 Å². The van der Waals surface area contributed by atoms with Crippen molar-refractivity contribution in [2.75, 3.05) is 18.5 Å². The molecule has 1 unspecified atom stereocenters. The third-order valence-corrected chi connectivity index (χ3v) is 3.86. The van der Waals surface area contributed by atoms with E-state index in [2.05, 4.69) is 10.6 Å². The highest BCUT2D eigenvalue weighted by molar-refractivity contribution is 5.97. The first-order chi connectivity index (χ1) is 10.6. The summed E-state index contributed by atoms with van der Waals surface area (Å²) in [5, 5.41) is 14.9. The molecule has 0 aromatic heterocycles. The molecule has 2 rings (SSSR count). The van der Waals surface area contributed by atoms with Gasteiger partial charge in [0.15, 0.2) is 0 Å². The number of amides is 1. The van der Waals surface area contributed by atoms with E-state index in [4.69, 9.17) is 10.00 Å². The number of rotatable bonds is 5. The molecule has 0 aliphatic carbocycles. The number of benzene rings is 1. The Hall–Kier alpha value is -2.32. The molecule has 22 heavy (non-hydrogen) atoms. The van der Waals surface area contributed by atoms with E-state index in [-0.39, 0.29) is 17.6 Å². The summed E-state index contributed by atoms with van der Waals surface area (Å²) in [4.78, 5) is 12.0. The van der Waals surface area contributed by atoms with Gasteiger partial charge < -0.3 is 15.4 Å². The molecule has 0 radical (unpaired) electrons. The quantitative estimate of drug-likeness (QED) is 0.647. The van der Waals surface area contributed by atoms with Crippen LogP contribution in [0, 0.1) is 25.2 Å². The molecule has 1 aliphatic heterocycles. The van der Waals surface area contributed by atoms with Crippen molar-refractivity contribution in [2.45, 2.75) is 32.8 Å². The van der Waals surface area contributed by atoms with Crippen LogP contribution in [0.25, 0.3) is 0 Å². The average Bonchev–Trinajstić information content (AvgIpc) is 3.03. The summed E-state index contributed by atoms with van der Waals surface area (Å²) >= 11 is 0. The van der Waals surface area contributed by atoms with Crippen molar-refractivity contribution in [3.8, 4) is 6.07 Å². The Morgan fingerprint density at radius 2 is 2.32 bits per heavy atom. The number of anilines is 1. The van der Waals surface area contributed by atoms with Gasteiger partial charge in [0.25, 0.3) is 5.91 Å². The lowest BCUT2D eigenvalue weighted by molar-refractivity contribution is -0.117. The molecule has 1 amide bonds. The van der Waals surface area contributed by atoms with Crippen molar-refractivity contribution in [2.24, 2.45) is 0 Å². The molecule has 1 heterocycles. The number of nitrogens with one attached hydrogen (secondary N) is 2. The maximum Gasteiger partial charge on any atom is 0.263 e. The standard InChI is InChI=1S/C17H21N3O2/c1-12-5-3-7-16(13(12)2)19-10-14(9-18)17(21)20-11-15-6-4-8-22-15/h3,5,7,10,15,19H,4,6,8,11H2,1-2H3,(H,20,21)/b14-10-. The first-order valence-corrected chi connectivity index (χ1v) is 7.44. The van der Waals surface area contributed by atoms with Crippen molar-refractivity contribution in [1.29, 1.82) is 5.26 Å². The highest BCUT2D eigenvalue weighted by Gasteiger charge is 2.17. The molecule has 1 aromatic carbocycles. The Balaban J connectivity index is 1.96. The van der Waals surface area contributed by atoms with Gasteiger partial charge in [-0.1, -0.05) is 12.1 Å². The second-order valence-corrected chi connectivity index (χ2v) is 5.41. The van der Waals surface area contributed by atoms with E-state index in [1.165, 1.54) is 6.20 Å². The fraction of sp³-hybridized carbons (Fsp3) is 0.412. The molecule has 5 heteroatoms. The highest BCUT2D eigenvalue weighted by Crippen LogP contribution is 2.18. The van der Waals surface area contributed by atoms with Gasteiger partial charge in [0, 0.05) is 25.0 Å². The predicted octanol–water partition coefficient (Wildman–Crippen LogP) is 2.42. The third kappa shape index (κ3) is 4.09. The SMILES string of the molecule is Cc1cccc(N/C=C(/C#N)C(=O)NCC2CCCO2)c1C. The summed E-state index contributed by atoms with van der Waals surface area (Å²) in [5.74, 6) is -0.379. The molecule has 0 bridgehead atoms. The largest absolute Gasteiger partial charge is 0.376 e. The Bertz CT molecular complexity index is 611. The summed E-state index contributed by atoms with van der Waals surface area (Å²) in [6.07, 6.45) is 3.49. The van der Waals surface area contributed by atoms with Gasteiger partial charge in [-0.25, -0.2) is 0 Å². The van der Waals surface area contributed by atoms with E-state index < -0.39 is 0 Å². The van der Waals surface area contributed by atoms with Gasteiger partial charge in [-0.15, -0.1) is 0 Å². The summed E-state index contributed by atoms with van der Waals surface area (Å²) in [7, 11) is 0. The lowest BCUT2D eigenvalue weighted by atomic mass is 10.1. The number of carbonyl (C=O) groups excluding carboxylic acids is 1. The van der Waals surface area contributed by atoms with Gasteiger partial charge in [-0.05, 0) is 43.9 Å². The van der Waals surface area contributed by atoms with Crippen LogP contribution in [0.1, 0.15) is 24.0 Å². The van der Waals surface area contributed by atoms with Crippen molar-refractivity contribution < 1.29 is 9.53 Å². The van der Waals surface area contributed by atoms with Crippen molar-refractivity contribution in [1.82, 2.24) is 5.32 Å². The van der Waals surface area contributed by atoms with Gasteiger partial charge in [-0.2, -0.15) is 5.26 Å². The Morgan fingerprint density at radius 3 is 3.00 bits per heavy atom. The van der Waals surface area contributed by atoms with Gasteiger partial charge >= 0.3 is 0 Å². The molecule has 116 valence electrons. The van der Waals surface area contributed by atoms with E-state index in [1.54, 1.807) is 0 Å². The molecule has 0 spiro atoms. The summed E-state index contributed by atoms with van der Waals surface area (Å²) in [5.41, 5.74) is 3.19. The van der Waals surface area contributed by atoms with Crippen LogP contribution < -0.4 is 10.6 Å². The molecular weight excluding hydrogens is 278 g/mol. The fourth-order valence-corrected chi connectivity index (χ4v) is 2.31. The van der Waals surface area contributed by atoms with E-state index in [1.807, 2.05) is 38.1 Å². The molecule has 0 saturated carbocycles. The van der Waals surface area contributed by atoms with Gasteiger partial charge in [0.2, 0.25) is 0 Å². The maximum atomic E-state index is 12.0. The number of ether oxygens (including phenoxy) is 1. The van der Waals surface area contributed by atoms with Crippen LogP contribution in [0.3, 0.4) is 0 Å². The monoisotopic (exact) mass is 299 g/mol. The molecular formula is C17H21N3O2. The van der Waals surface area contributed by atoms with Crippen molar-refractivity contribution >= 4 is 11.6 Å². The highest BCUT2D eigenvalue weighted by atomic mass is 16.5. The predicted molar refractivity (Wildman–Crippen MR) is 85.2 cm³/mol. The summed E-state index contributed by atoms with van der Waals surface area (Å²) in [6, 6.07) is 7.79. The third-order valence-electron chi connectivity index (χ3n) is 3.86. The van der Waals surface area contributed by atoms with Gasteiger partial charge in [0.05, 0.1) is 6.10 Å². The molecule has 1 fully saturated rings. The smallest absolute Gasteiger partial charge is 0.263 e. The second kappa shape index (κ2) is 7.62. The molecule has 5 nitrogen and oxygen atoms in total. The Kier molecular flexibility index (Phi) is 5.56. The number of nitrogens with zero attached hydrogens (tertiary/aromatic N) is 1. The molecule has 1 atom stereocenters. The van der Waals surface area contributed by atoms with Crippen LogP contribution in [-0.2, 0) is 9.53 Å².